The Bertz CT molecular complexity index is 522. The molecule has 0 bridgehead atoms. The van der Waals surface area contributed by atoms with Crippen LogP contribution in [0.2, 0.25) is 0 Å². The Balaban J connectivity index is 2.34. The molecule has 0 spiro atoms. The first-order chi connectivity index (χ1) is 9.27. The SMILES string of the molecule is CCC[C@@H](O)c1nc2ccccc2n1CCOCC. The van der Waals surface area contributed by atoms with E-state index in [1.807, 2.05) is 31.2 Å². The van der Waals surface area contributed by atoms with E-state index in [4.69, 9.17) is 4.74 Å². The molecular formula is C15H22N2O2. The van der Waals surface area contributed by atoms with E-state index in [0.29, 0.717) is 13.2 Å². The van der Waals surface area contributed by atoms with E-state index in [-0.39, 0.29) is 0 Å². The van der Waals surface area contributed by atoms with Crippen molar-refractivity contribution in [2.75, 3.05) is 13.2 Å². The molecule has 1 aromatic heterocycles. The van der Waals surface area contributed by atoms with Gasteiger partial charge in [0.25, 0.3) is 0 Å². The van der Waals surface area contributed by atoms with Crippen LogP contribution in [0.1, 0.15) is 38.6 Å². The molecule has 0 aliphatic rings. The van der Waals surface area contributed by atoms with E-state index >= 15 is 0 Å². The zero-order valence-electron chi connectivity index (χ0n) is 11.7. The monoisotopic (exact) mass is 262 g/mol. The van der Waals surface area contributed by atoms with Gasteiger partial charge in [0, 0.05) is 13.2 Å². The van der Waals surface area contributed by atoms with Crippen LogP contribution in [0.15, 0.2) is 24.3 Å². The van der Waals surface area contributed by atoms with Crippen LogP contribution in [0, 0.1) is 0 Å². The molecule has 1 aromatic carbocycles. The average Bonchev–Trinajstić information content (AvgIpc) is 2.79. The number of hydrogen-bond donors (Lipinski definition) is 1. The third-order valence-electron chi connectivity index (χ3n) is 3.21. The van der Waals surface area contributed by atoms with Crippen LogP contribution >= 0.6 is 0 Å². The molecule has 0 saturated carbocycles. The van der Waals surface area contributed by atoms with E-state index < -0.39 is 6.10 Å². The molecule has 0 radical (unpaired) electrons. The summed E-state index contributed by atoms with van der Waals surface area (Å²) >= 11 is 0. The smallest absolute Gasteiger partial charge is 0.138 e. The zero-order chi connectivity index (χ0) is 13.7. The van der Waals surface area contributed by atoms with Crippen LogP contribution in [-0.2, 0) is 11.3 Å². The molecule has 19 heavy (non-hydrogen) atoms. The first kappa shape index (κ1) is 14.0. The summed E-state index contributed by atoms with van der Waals surface area (Å²) in [5.41, 5.74) is 2.00. The largest absolute Gasteiger partial charge is 0.385 e. The molecule has 0 aliphatic carbocycles. The van der Waals surface area contributed by atoms with Crippen molar-refractivity contribution in [2.45, 2.75) is 39.3 Å². The Morgan fingerprint density at radius 3 is 2.84 bits per heavy atom. The molecule has 0 fully saturated rings. The molecule has 1 heterocycles. The molecule has 2 aromatic rings. The number of aromatic nitrogens is 2. The van der Waals surface area contributed by atoms with Crippen LogP contribution < -0.4 is 0 Å². The highest BCUT2D eigenvalue weighted by Crippen LogP contribution is 2.23. The van der Waals surface area contributed by atoms with Gasteiger partial charge in [0.2, 0.25) is 0 Å². The highest BCUT2D eigenvalue weighted by molar-refractivity contribution is 5.76. The maximum Gasteiger partial charge on any atom is 0.138 e. The van der Waals surface area contributed by atoms with Crippen molar-refractivity contribution in [3.8, 4) is 0 Å². The van der Waals surface area contributed by atoms with Crippen molar-refractivity contribution >= 4 is 11.0 Å². The Hall–Kier alpha value is -1.39. The fraction of sp³-hybridized carbons (Fsp3) is 0.533. The van der Waals surface area contributed by atoms with E-state index in [9.17, 15) is 5.11 Å². The molecule has 4 heteroatoms. The Kier molecular flexibility index (Phi) is 4.93. The van der Waals surface area contributed by atoms with Gasteiger partial charge >= 0.3 is 0 Å². The van der Waals surface area contributed by atoms with Gasteiger partial charge in [0.1, 0.15) is 11.9 Å². The summed E-state index contributed by atoms with van der Waals surface area (Å²) in [5.74, 6) is 0.753. The van der Waals surface area contributed by atoms with Crippen LogP contribution in [0.3, 0.4) is 0 Å². The minimum atomic E-state index is -0.501. The highest BCUT2D eigenvalue weighted by Gasteiger charge is 2.16. The molecular weight excluding hydrogens is 240 g/mol. The summed E-state index contributed by atoms with van der Waals surface area (Å²) < 4.78 is 7.49. The third-order valence-corrected chi connectivity index (χ3v) is 3.21. The number of hydrogen-bond acceptors (Lipinski definition) is 3. The molecule has 1 atom stereocenters. The van der Waals surface area contributed by atoms with Crippen LogP contribution in [0.4, 0.5) is 0 Å². The summed E-state index contributed by atoms with van der Waals surface area (Å²) in [5, 5.41) is 10.2. The summed E-state index contributed by atoms with van der Waals surface area (Å²) in [6, 6.07) is 7.99. The number of rotatable bonds is 7. The lowest BCUT2D eigenvalue weighted by molar-refractivity contribution is 0.128. The van der Waals surface area contributed by atoms with Crippen molar-refractivity contribution in [1.29, 1.82) is 0 Å². The predicted octanol–water partition coefficient (Wildman–Crippen LogP) is 2.91. The second-order valence-corrected chi connectivity index (χ2v) is 4.61. The van der Waals surface area contributed by atoms with Crippen LogP contribution in [-0.4, -0.2) is 27.9 Å². The van der Waals surface area contributed by atoms with E-state index in [1.54, 1.807) is 0 Å². The van der Waals surface area contributed by atoms with E-state index in [2.05, 4.69) is 16.5 Å². The zero-order valence-corrected chi connectivity index (χ0v) is 11.7. The predicted molar refractivity (Wildman–Crippen MR) is 76.1 cm³/mol. The van der Waals surface area contributed by atoms with Crippen molar-refractivity contribution in [3.63, 3.8) is 0 Å². The summed E-state index contributed by atoms with van der Waals surface area (Å²) in [4.78, 5) is 4.57. The summed E-state index contributed by atoms with van der Waals surface area (Å²) in [6.45, 7) is 6.13. The number of benzene rings is 1. The van der Waals surface area contributed by atoms with Gasteiger partial charge in [0.05, 0.1) is 17.6 Å². The number of nitrogens with zero attached hydrogens (tertiary/aromatic N) is 2. The summed E-state index contributed by atoms with van der Waals surface area (Å²) in [7, 11) is 0. The second kappa shape index (κ2) is 6.68. The number of aliphatic hydroxyl groups excluding tert-OH is 1. The summed E-state index contributed by atoms with van der Waals surface area (Å²) in [6.07, 6.45) is 1.17. The second-order valence-electron chi connectivity index (χ2n) is 4.61. The molecule has 0 amide bonds. The maximum atomic E-state index is 10.2. The topological polar surface area (TPSA) is 47.3 Å². The minimum Gasteiger partial charge on any atom is -0.385 e. The molecule has 2 rings (SSSR count). The quantitative estimate of drug-likeness (QED) is 0.780. The first-order valence-corrected chi connectivity index (χ1v) is 6.98. The fourth-order valence-corrected chi connectivity index (χ4v) is 2.29. The van der Waals surface area contributed by atoms with E-state index in [0.717, 1.165) is 36.2 Å². The number of fused-ring (bicyclic) bond motifs is 1. The van der Waals surface area contributed by atoms with Crippen molar-refractivity contribution in [3.05, 3.63) is 30.1 Å². The normalized spacial score (nSPS) is 13.0. The van der Waals surface area contributed by atoms with Gasteiger partial charge in [-0.1, -0.05) is 25.5 Å². The van der Waals surface area contributed by atoms with Gasteiger partial charge in [-0.05, 0) is 25.5 Å². The van der Waals surface area contributed by atoms with Crippen LogP contribution in [0.5, 0.6) is 0 Å². The van der Waals surface area contributed by atoms with Gasteiger partial charge in [-0.3, -0.25) is 0 Å². The lowest BCUT2D eigenvalue weighted by Crippen LogP contribution is -2.12. The van der Waals surface area contributed by atoms with Gasteiger partial charge in [-0.2, -0.15) is 0 Å². The van der Waals surface area contributed by atoms with Crippen LogP contribution in [0.25, 0.3) is 11.0 Å². The number of imidazole rings is 1. The Morgan fingerprint density at radius 1 is 1.32 bits per heavy atom. The van der Waals surface area contributed by atoms with Gasteiger partial charge in [0.15, 0.2) is 0 Å². The first-order valence-electron chi connectivity index (χ1n) is 6.98. The third kappa shape index (κ3) is 3.14. The molecule has 4 nitrogen and oxygen atoms in total. The van der Waals surface area contributed by atoms with Crippen molar-refractivity contribution < 1.29 is 9.84 Å². The lowest BCUT2D eigenvalue weighted by Gasteiger charge is -2.13. The molecule has 0 unspecified atom stereocenters. The maximum absolute atomic E-state index is 10.2. The van der Waals surface area contributed by atoms with Crippen molar-refractivity contribution in [2.24, 2.45) is 0 Å². The van der Waals surface area contributed by atoms with E-state index in [1.165, 1.54) is 0 Å². The number of para-hydroxylation sites is 2. The van der Waals surface area contributed by atoms with Gasteiger partial charge in [-0.15, -0.1) is 0 Å². The molecule has 104 valence electrons. The molecule has 0 saturated heterocycles. The number of aliphatic hydroxyl groups is 1. The molecule has 1 N–H and O–H groups in total. The Labute approximate surface area is 114 Å². The standard InChI is InChI=1S/C15H22N2O2/c1-3-7-14(18)15-16-12-8-5-6-9-13(12)17(15)10-11-19-4-2/h5-6,8-9,14,18H,3-4,7,10-11H2,1-2H3/t14-/m1/s1. The highest BCUT2D eigenvalue weighted by atomic mass is 16.5. The van der Waals surface area contributed by atoms with Gasteiger partial charge < -0.3 is 14.4 Å². The average molecular weight is 262 g/mol. The fourth-order valence-electron chi connectivity index (χ4n) is 2.29. The van der Waals surface area contributed by atoms with Gasteiger partial charge in [-0.25, -0.2) is 4.98 Å². The minimum absolute atomic E-state index is 0.501. The lowest BCUT2D eigenvalue weighted by atomic mass is 10.2. The number of ether oxygens (including phenoxy) is 1. The van der Waals surface area contributed by atoms with Crippen molar-refractivity contribution in [1.82, 2.24) is 9.55 Å². The molecule has 0 aliphatic heterocycles. The Morgan fingerprint density at radius 2 is 2.11 bits per heavy atom.